The van der Waals surface area contributed by atoms with E-state index >= 15 is 0 Å². The third-order valence-electron chi connectivity index (χ3n) is 5.74. The number of carbonyl (C=O) groups is 1. The zero-order chi connectivity index (χ0) is 20.7. The zero-order valence-corrected chi connectivity index (χ0v) is 17.8. The fourth-order valence-corrected chi connectivity index (χ4v) is 3.93. The van der Waals surface area contributed by atoms with Gasteiger partial charge in [0.15, 0.2) is 0 Å². The molecular formula is C26H35NO2. The first-order chi connectivity index (χ1) is 14.2. The fourth-order valence-electron chi connectivity index (χ4n) is 3.93. The van der Waals surface area contributed by atoms with E-state index in [4.69, 9.17) is 10.00 Å². The van der Waals surface area contributed by atoms with Crippen LogP contribution in [0.2, 0.25) is 0 Å². The Balaban J connectivity index is 1.66. The Morgan fingerprint density at radius 3 is 2.55 bits per heavy atom. The van der Waals surface area contributed by atoms with Crippen molar-refractivity contribution in [3.8, 4) is 6.07 Å². The number of aryl methyl sites for hydroxylation is 1. The summed E-state index contributed by atoms with van der Waals surface area (Å²) in [6.45, 7) is 2.22. The highest BCUT2D eigenvalue weighted by Crippen LogP contribution is 2.30. The smallest absolute Gasteiger partial charge is 0.338 e. The lowest BCUT2D eigenvalue weighted by Gasteiger charge is -2.28. The van der Waals surface area contributed by atoms with Gasteiger partial charge in [0.05, 0.1) is 11.6 Å². The van der Waals surface area contributed by atoms with Gasteiger partial charge in [-0.25, -0.2) is 4.79 Å². The summed E-state index contributed by atoms with van der Waals surface area (Å²) in [4.78, 5) is 12.4. The predicted molar refractivity (Wildman–Crippen MR) is 119 cm³/mol. The van der Waals surface area contributed by atoms with E-state index < -0.39 is 0 Å². The van der Waals surface area contributed by atoms with Crippen LogP contribution in [0.4, 0.5) is 0 Å². The lowest BCUT2D eigenvalue weighted by molar-refractivity contribution is 0.0162. The van der Waals surface area contributed by atoms with Crippen LogP contribution in [0, 0.1) is 17.2 Å². The van der Waals surface area contributed by atoms with Gasteiger partial charge in [-0.15, -0.1) is 0 Å². The normalized spacial score (nSPS) is 19.4. The van der Waals surface area contributed by atoms with Crippen LogP contribution >= 0.6 is 0 Å². The first kappa shape index (κ1) is 22.9. The standard InChI is InChI=1S/C26H35NO2/c1-2-3-4-8-11-22-13-17-24(18-14-22)26(28)29-25-19-15-23(16-20-25)12-9-6-5-7-10-21-27/h5-7,10,13-14,17-18,23,25H,2-4,8-9,11-12,15-16,19-20H2,1H3. The van der Waals surface area contributed by atoms with E-state index in [-0.39, 0.29) is 12.1 Å². The van der Waals surface area contributed by atoms with Crippen LogP contribution in [0.15, 0.2) is 48.6 Å². The summed E-state index contributed by atoms with van der Waals surface area (Å²) < 4.78 is 5.76. The molecule has 0 heterocycles. The number of hydrogen-bond donors (Lipinski definition) is 0. The molecule has 1 aromatic carbocycles. The lowest BCUT2D eigenvalue weighted by Crippen LogP contribution is -2.24. The Labute approximate surface area is 176 Å². The van der Waals surface area contributed by atoms with Crippen molar-refractivity contribution < 1.29 is 9.53 Å². The van der Waals surface area contributed by atoms with Gasteiger partial charge < -0.3 is 4.74 Å². The monoisotopic (exact) mass is 393 g/mol. The number of ether oxygens (including phenoxy) is 1. The molecule has 0 atom stereocenters. The first-order valence-electron chi connectivity index (χ1n) is 11.2. The van der Waals surface area contributed by atoms with Crippen LogP contribution < -0.4 is 0 Å². The van der Waals surface area contributed by atoms with E-state index in [0.717, 1.165) is 44.9 Å². The summed E-state index contributed by atoms with van der Waals surface area (Å²) in [5, 5.41) is 8.44. The molecule has 1 saturated carbocycles. The van der Waals surface area contributed by atoms with Crippen molar-refractivity contribution >= 4 is 5.97 Å². The minimum Gasteiger partial charge on any atom is -0.459 e. The Morgan fingerprint density at radius 1 is 1.10 bits per heavy atom. The summed E-state index contributed by atoms with van der Waals surface area (Å²) >= 11 is 0. The second kappa shape index (κ2) is 13.8. The number of rotatable bonds is 11. The molecule has 0 radical (unpaired) electrons. The first-order valence-corrected chi connectivity index (χ1v) is 11.2. The summed E-state index contributed by atoms with van der Waals surface area (Å²) in [7, 11) is 0. The maximum atomic E-state index is 12.4. The third-order valence-corrected chi connectivity index (χ3v) is 5.74. The van der Waals surface area contributed by atoms with Gasteiger partial charge in [0.25, 0.3) is 0 Å². The summed E-state index contributed by atoms with van der Waals surface area (Å²) in [5.74, 6) is 0.528. The van der Waals surface area contributed by atoms with Gasteiger partial charge in [0.2, 0.25) is 0 Å². The molecule has 1 aliphatic rings. The Hall–Kier alpha value is -2.34. The fraction of sp³-hybridized carbons (Fsp3) is 0.538. The van der Waals surface area contributed by atoms with E-state index in [2.05, 4.69) is 25.1 Å². The minimum atomic E-state index is -0.182. The molecule has 2 rings (SSSR count). The second-order valence-electron chi connectivity index (χ2n) is 8.05. The van der Waals surface area contributed by atoms with Gasteiger partial charge in [0, 0.05) is 6.08 Å². The largest absolute Gasteiger partial charge is 0.459 e. The molecule has 1 fully saturated rings. The Morgan fingerprint density at radius 2 is 1.86 bits per heavy atom. The molecule has 0 unspecified atom stereocenters. The number of carbonyl (C=O) groups excluding carboxylic acids is 1. The Kier molecular flexibility index (Phi) is 10.9. The molecule has 156 valence electrons. The molecule has 29 heavy (non-hydrogen) atoms. The van der Waals surface area contributed by atoms with Crippen LogP contribution in [-0.2, 0) is 11.2 Å². The van der Waals surface area contributed by atoms with E-state index in [1.54, 1.807) is 6.08 Å². The zero-order valence-electron chi connectivity index (χ0n) is 17.8. The Bertz CT molecular complexity index is 688. The van der Waals surface area contributed by atoms with Gasteiger partial charge >= 0.3 is 5.97 Å². The van der Waals surface area contributed by atoms with Gasteiger partial charge in [-0.3, -0.25) is 0 Å². The lowest BCUT2D eigenvalue weighted by atomic mass is 9.84. The van der Waals surface area contributed by atoms with Crippen molar-refractivity contribution in [2.45, 2.75) is 83.7 Å². The highest BCUT2D eigenvalue weighted by molar-refractivity contribution is 5.89. The van der Waals surface area contributed by atoms with Gasteiger partial charge in [0.1, 0.15) is 6.10 Å². The molecule has 1 aromatic rings. The average Bonchev–Trinajstić information content (AvgIpc) is 2.75. The van der Waals surface area contributed by atoms with Crippen molar-refractivity contribution in [3.05, 3.63) is 59.7 Å². The van der Waals surface area contributed by atoms with Crippen LogP contribution in [0.5, 0.6) is 0 Å². The number of unbranched alkanes of at least 4 members (excludes halogenated alkanes) is 3. The molecule has 0 N–H and O–H groups in total. The van der Waals surface area contributed by atoms with Crippen molar-refractivity contribution in [1.82, 2.24) is 0 Å². The van der Waals surface area contributed by atoms with Crippen molar-refractivity contribution in [2.24, 2.45) is 5.92 Å². The number of allylic oxidation sites excluding steroid dienone is 4. The van der Waals surface area contributed by atoms with E-state index in [1.165, 1.54) is 37.3 Å². The summed E-state index contributed by atoms with van der Waals surface area (Å²) in [5.41, 5.74) is 1.97. The molecule has 0 spiro atoms. The average molecular weight is 394 g/mol. The number of esters is 1. The van der Waals surface area contributed by atoms with Gasteiger partial charge in [-0.05, 0) is 75.0 Å². The maximum absolute atomic E-state index is 12.4. The summed E-state index contributed by atoms with van der Waals surface area (Å²) in [6, 6.07) is 9.94. The van der Waals surface area contributed by atoms with E-state index in [1.807, 2.05) is 24.3 Å². The van der Waals surface area contributed by atoms with E-state index in [0.29, 0.717) is 11.5 Å². The minimum absolute atomic E-state index is 0.0570. The van der Waals surface area contributed by atoms with Crippen molar-refractivity contribution in [1.29, 1.82) is 5.26 Å². The van der Waals surface area contributed by atoms with Crippen molar-refractivity contribution in [2.75, 3.05) is 0 Å². The summed E-state index contributed by atoms with van der Waals surface area (Å²) in [6.07, 6.45) is 19.9. The van der Waals surface area contributed by atoms with Gasteiger partial charge in [-0.1, -0.05) is 56.5 Å². The third kappa shape index (κ3) is 9.13. The van der Waals surface area contributed by atoms with Gasteiger partial charge in [-0.2, -0.15) is 5.26 Å². The molecule has 3 nitrogen and oxygen atoms in total. The molecule has 0 bridgehead atoms. The number of hydrogen-bond acceptors (Lipinski definition) is 3. The molecule has 0 saturated heterocycles. The number of nitrogens with zero attached hydrogens (tertiary/aromatic N) is 1. The molecule has 0 aromatic heterocycles. The SMILES string of the molecule is CCCCCCc1ccc(C(=O)OC2CCC(CCC=CC=CC#N)CC2)cc1. The topological polar surface area (TPSA) is 50.1 Å². The molecular weight excluding hydrogens is 358 g/mol. The highest BCUT2D eigenvalue weighted by Gasteiger charge is 2.23. The van der Waals surface area contributed by atoms with Crippen LogP contribution in [-0.4, -0.2) is 12.1 Å². The highest BCUT2D eigenvalue weighted by atomic mass is 16.5. The second-order valence-corrected chi connectivity index (χ2v) is 8.05. The number of benzene rings is 1. The van der Waals surface area contributed by atoms with E-state index in [9.17, 15) is 4.79 Å². The predicted octanol–water partition coefficient (Wildman–Crippen LogP) is 6.94. The van der Waals surface area contributed by atoms with Crippen LogP contribution in [0.1, 0.15) is 87.1 Å². The number of nitriles is 1. The van der Waals surface area contributed by atoms with Crippen LogP contribution in [0.25, 0.3) is 0 Å². The molecule has 0 amide bonds. The van der Waals surface area contributed by atoms with Crippen LogP contribution in [0.3, 0.4) is 0 Å². The molecule has 3 heteroatoms. The molecule has 0 aliphatic heterocycles. The molecule has 1 aliphatic carbocycles. The maximum Gasteiger partial charge on any atom is 0.338 e. The van der Waals surface area contributed by atoms with Crippen molar-refractivity contribution in [3.63, 3.8) is 0 Å². The quantitative estimate of drug-likeness (QED) is 0.177.